The molecule has 1 N–H and O–H groups in total. The van der Waals surface area contributed by atoms with Crippen LogP contribution in [0.5, 0.6) is 0 Å². The number of hydrogen-bond acceptors (Lipinski definition) is 5. The van der Waals surface area contributed by atoms with E-state index in [4.69, 9.17) is 4.74 Å². The molecule has 29 heavy (non-hydrogen) atoms. The third kappa shape index (κ3) is 4.54. The van der Waals surface area contributed by atoms with Gasteiger partial charge in [0.2, 0.25) is 5.95 Å². The van der Waals surface area contributed by atoms with Gasteiger partial charge in [-0.2, -0.15) is 4.98 Å². The van der Waals surface area contributed by atoms with E-state index in [1.54, 1.807) is 0 Å². The molecule has 0 amide bonds. The molecule has 3 aromatic rings. The molecule has 1 aliphatic heterocycles. The Morgan fingerprint density at radius 2 is 1.90 bits per heavy atom. The molecule has 152 valence electrons. The molecular weight excluding hydrogens is 376 g/mol. The fourth-order valence-corrected chi connectivity index (χ4v) is 3.46. The van der Waals surface area contributed by atoms with Gasteiger partial charge >= 0.3 is 0 Å². The SMILES string of the molecule is CCC1CN(c2cc(C)cc(Nc3ncn(-c4cc(F)cc(F)c4)n3)c2)CCO1. The summed E-state index contributed by atoms with van der Waals surface area (Å²) in [5, 5.41) is 7.46. The molecule has 2 aromatic carbocycles. The van der Waals surface area contributed by atoms with Crippen molar-refractivity contribution in [3.05, 3.63) is 59.9 Å². The molecule has 1 aliphatic rings. The van der Waals surface area contributed by atoms with Crippen LogP contribution < -0.4 is 10.2 Å². The van der Waals surface area contributed by atoms with Crippen molar-refractivity contribution >= 4 is 17.3 Å². The van der Waals surface area contributed by atoms with Crippen LogP contribution in [0.4, 0.5) is 26.1 Å². The first-order valence-electron chi connectivity index (χ1n) is 9.63. The maximum Gasteiger partial charge on any atom is 0.246 e. The molecule has 6 nitrogen and oxygen atoms in total. The molecule has 0 bridgehead atoms. The second kappa shape index (κ2) is 8.16. The number of halogens is 2. The van der Waals surface area contributed by atoms with Crippen molar-refractivity contribution in [3.63, 3.8) is 0 Å². The Bertz CT molecular complexity index is 986. The quantitative estimate of drug-likeness (QED) is 0.697. The predicted octanol–water partition coefficient (Wildman–Crippen LogP) is 4.21. The smallest absolute Gasteiger partial charge is 0.246 e. The Labute approximate surface area is 168 Å². The molecule has 4 rings (SSSR count). The van der Waals surface area contributed by atoms with E-state index in [0.29, 0.717) is 12.6 Å². The van der Waals surface area contributed by atoms with Gasteiger partial charge in [-0.3, -0.25) is 0 Å². The molecule has 0 radical (unpaired) electrons. The normalized spacial score (nSPS) is 16.8. The van der Waals surface area contributed by atoms with Crippen LogP contribution in [-0.4, -0.2) is 40.6 Å². The first-order valence-corrected chi connectivity index (χ1v) is 9.63. The Morgan fingerprint density at radius 1 is 1.10 bits per heavy atom. The van der Waals surface area contributed by atoms with Crippen molar-refractivity contribution in [1.29, 1.82) is 0 Å². The zero-order valence-electron chi connectivity index (χ0n) is 16.4. The average Bonchev–Trinajstić information content (AvgIpc) is 3.15. The summed E-state index contributed by atoms with van der Waals surface area (Å²) >= 11 is 0. The van der Waals surface area contributed by atoms with Gasteiger partial charge in [-0.15, -0.1) is 5.10 Å². The monoisotopic (exact) mass is 399 g/mol. The molecular formula is C21H23F2N5O. The van der Waals surface area contributed by atoms with Crippen molar-refractivity contribution in [1.82, 2.24) is 14.8 Å². The van der Waals surface area contributed by atoms with Gasteiger partial charge in [-0.1, -0.05) is 6.92 Å². The van der Waals surface area contributed by atoms with E-state index < -0.39 is 11.6 Å². The van der Waals surface area contributed by atoms with Gasteiger partial charge in [0.1, 0.15) is 18.0 Å². The number of aryl methyl sites for hydroxylation is 1. The van der Waals surface area contributed by atoms with Crippen molar-refractivity contribution in [3.8, 4) is 5.69 Å². The Kier molecular flexibility index (Phi) is 5.44. The molecule has 0 saturated carbocycles. The highest BCUT2D eigenvalue weighted by Crippen LogP contribution is 2.26. The largest absolute Gasteiger partial charge is 0.375 e. The van der Waals surface area contributed by atoms with Crippen LogP contribution in [0.15, 0.2) is 42.7 Å². The summed E-state index contributed by atoms with van der Waals surface area (Å²) in [7, 11) is 0. The van der Waals surface area contributed by atoms with E-state index in [1.807, 2.05) is 19.1 Å². The van der Waals surface area contributed by atoms with E-state index >= 15 is 0 Å². The Hall–Kier alpha value is -3.00. The van der Waals surface area contributed by atoms with E-state index in [9.17, 15) is 8.78 Å². The molecule has 8 heteroatoms. The number of anilines is 3. The fourth-order valence-electron chi connectivity index (χ4n) is 3.46. The molecule has 1 atom stereocenters. The third-order valence-electron chi connectivity index (χ3n) is 4.88. The van der Waals surface area contributed by atoms with Crippen LogP contribution >= 0.6 is 0 Å². The molecule has 1 saturated heterocycles. The number of rotatable bonds is 5. The summed E-state index contributed by atoms with van der Waals surface area (Å²) in [4.78, 5) is 6.52. The lowest BCUT2D eigenvalue weighted by molar-refractivity contribution is 0.0384. The molecule has 0 spiro atoms. The first-order chi connectivity index (χ1) is 14.0. The summed E-state index contributed by atoms with van der Waals surface area (Å²) < 4.78 is 34.0. The van der Waals surface area contributed by atoms with Gasteiger partial charge in [-0.05, 0) is 49.2 Å². The standard InChI is InChI=1S/C21H23F2N5O/c1-3-20-12-27(4-5-29-20)18-7-14(2)6-17(11-18)25-21-24-13-28(26-21)19-9-15(22)8-16(23)10-19/h6-11,13,20H,3-5,12H2,1-2H3,(H,25,26). The van der Waals surface area contributed by atoms with Crippen LogP contribution in [-0.2, 0) is 4.74 Å². The highest BCUT2D eigenvalue weighted by Gasteiger charge is 2.20. The molecule has 1 aromatic heterocycles. The Balaban J connectivity index is 1.54. The summed E-state index contributed by atoms with van der Waals surface area (Å²) in [6.45, 7) is 6.58. The van der Waals surface area contributed by atoms with Crippen LogP contribution in [0.1, 0.15) is 18.9 Å². The van der Waals surface area contributed by atoms with Gasteiger partial charge in [0.25, 0.3) is 0 Å². The minimum Gasteiger partial charge on any atom is -0.375 e. The minimum atomic E-state index is -0.663. The van der Waals surface area contributed by atoms with Crippen LogP contribution in [0.3, 0.4) is 0 Å². The van der Waals surface area contributed by atoms with E-state index in [-0.39, 0.29) is 11.8 Å². The minimum absolute atomic E-state index is 0.240. The number of nitrogens with one attached hydrogen (secondary N) is 1. The summed E-state index contributed by atoms with van der Waals surface area (Å²) in [6.07, 6.45) is 2.64. The predicted molar refractivity (Wildman–Crippen MR) is 108 cm³/mol. The third-order valence-corrected chi connectivity index (χ3v) is 4.88. The van der Waals surface area contributed by atoms with Gasteiger partial charge in [0, 0.05) is 30.5 Å². The van der Waals surface area contributed by atoms with Crippen LogP contribution in [0.2, 0.25) is 0 Å². The summed E-state index contributed by atoms with van der Waals surface area (Å²) in [5.41, 5.74) is 3.34. The molecule has 2 heterocycles. The van der Waals surface area contributed by atoms with Gasteiger partial charge in [0.15, 0.2) is 0 Å². The van der Waals surface area contributed by atoms with E-state index in [2.05, 4.69) is 33.3 Å². The van der Waals surface area contributed by atoms with Crippen molar-refractivity contribution in [2.75, 3.05) is 29.9 Å². The first kappa shape index (κ1) is 19.3. The number of aromatic nitrogens is 3. The number of morpholine rings is 1. The molecule has 0 aliphatic carbocycles. The lowest BCUT2D eigenvalue weighted by Gasteiger charge is -2.34. The second-order valence-electron chi connectivity index (χ2n) is 7.17. The van der Waals surface area contributed by atoms with Crippen molar-refractivity contribution in [2.45, 2.75) is 26.4 Å². The zero-order valence-corrected chi connectivity index (χ0v) is 16.4. The van der Waals surface area contributed by atoms with E-state index in [0.717, 1.165) is 42.5 Å². The van der Waals surface area contributed by atoms with Gasteiger partial charge in [0.05, 0.1) is 18.4 Å². The highest BCUT2D eigenvalue weighted by molar-refractivity contribution is 5.64. The number of nitrogens with zero attached hydrogens (tertiary/aromatic N) is 4. The highest BCUT2D eigenvalue weighted by atomic mass is 19.1. The van der Waals surface area contributed by atoms with Gasteiger partial charge in [-0.25, -0.2) is 13.5 Å². The van der Waals surface area contributed by atoms with Crippen LogP contribution in [0.25, 0.3) is 5.69 Å². The lowest BCUT2D eigenvalue weighted by atomic mass is 10.1. The molecule has 1 unspecified atom stereocenters. The van der Waals surface area contributed by atoms with Crippen molar-refractivity contribution in [2.24, 2.45) is 0 Å². The number of hydrogen-bond donors (Lipinski definition) is 1. The maximum absolute atomic E-state index is 13.5. The lowest BCUT2D eigenvalue weighted by Crippen LogP contribution is -2.42. The topological polar surface area (TPSA) is 55.2 Å². The summed E-state index contributed by atoms with van der Waals surface area (Å²) in [6, 6.07) is 9.43. The van der Waals surface area contributed by atoms with Crippen molar-refractivity contribution < 1.29 is 13.5 Å². The number of ether oxygens (including phenoxy) is 1. The van der Waals surface area contributed by atoms with Crippen LogP contribution in [0, 0.1) is 18.6 Å². The average molecular weight is 399 g/mol. The second-order valence-corrected chi connectivity index (χ2v) is 7.17. The number of benzene rings is 2. The van der Waals surface area contributed by atoms with Gasteiger partial charge < -0.3 is 15.0 Å². The van der Waals surface area contributed by atoms with E-state index in [1.165, 1.54) is 23.1 Å². The zero-order chi connectivity index (χ0) is 20.4. The fraction of sp³-hybridized carbons (Fsp3) is 0.333. The summed E-state index contributed by atoms with van der Waals surface area (Å²) in [5.74, 6) is -0.979. The molecule has 1 fully saturated rings. The maximum atomic E-state index is 13.5. The Morgan fingerprint density at radius 3 is 2.66 bits per heavy atom.